The molecule has 27 heavy (non-hydrogen) atoms. The first-order chi connectivity index (χ1) is 13.2. The first-order valence-electron chi connectivity index (χ1n) is 9.42. The van der Waals surface area contributed by atoms with Gasteiger partial charge in [0.05, 0.1) is 13.2 Å². The normalized spacial score (nSPS) is 11.3. The van der Waals surface area contributed by atoms with Crippen molar-refractivity contribution in [3.05, 3.63) is 52.9 Å². The maximum absolute atomic E-state index is 5.82. The van der Waals surface area contributed by atoms with E-state index in [-0.39, 0.29) is 0 Å². The van der Waals surface area contributed by atoms with E-state index in [2.05, 4.69) is 32.5 Å². The molecular weight excluding hydrogens is 362 g/mol. The van der Waals surface area contributed by atoms with E-state index in [1.165, 1.54) is 0 Å². The summed E-state index contributed by atoms with van der Waals surface area (Å²) in [5, 5.41) is 7.11. The molecule has 2 heterocycles. The quantitative estimate of drug-likeness (QED) is 0.281. The van der Waals surface area contributed by atoms with Crippen LogP contribution in [0.3, 0.4) is 0 Å². The lowest BCUT2D eigenvalue weighted by atomic mass is 10.2. The summed E-state index contributed by atoms with van der Waals surface area (Å²) in [6, 6.07) is 7.70. The minimum atomic E-state index is 0.507. The van der Waals surface area contributed by atoms with Gasteiger partial charge in [-0.15, -0.1) is 0 Å². The SMILES string of the molecule is CCCCOc1ncccc1CN=C(NCC)NCCc1ccc(Cl)nc1. The van der Waals surface area contributed by atoms with Gasteiger partial charge in [0, 0.05) is 31.0 Å². The van der Waals surface area contributed by atoms with Crippen molar-refractivity contribution in [1.29, 1.82) is 0 Å². The summed E-state index contributed by atoms with van der Waals surface area (Å²) in [5.41, 5.74) is 2.11. The van der Waals surface area contributed by atoms with Crippen LogP contribution >= 0.6 is 11.6 Å². The fourth-order valence-corrected chi connectivity index (χ4v) is 2.48. The predicted molar refractivity (Wildman–Crippen MR) is 110 cm³/mol. The lowest BCUT2D eigenvalue weighted by Gasteiger charge is -2.12. The second-order valence-electron chi connectivity index (χ2n) is 6.03. The highest BCUT2D eigenvalue weighted by Gasteiger charge is 2.05. The number of nitrogens with one attached hydrogen (secondary N) is 2. The molecule has 0 radical (unpaired) electrons. The highest BCUT2D eigenvalue weighted by atomic mass is 35.5. The van der Waals surface area contributed by atoms with E-state index in [1.54, 1.807) is 18.5 Å². The van der Waals surface area contributed by atoms with Crippen LogP contribution in [0.2, 0.25) is 5.15 Å². The van der Waals surface area contributed by atoms with Crippen LogP contribution < -0.4 is 15.4 Å². The van der Waals surface area contributed by atoms with E-state index < -0.39 is 0 Å². The highest BCUT2D eigenvalue weighted by molar-refractivity contribution is 6.29. The van der Waals surface area contributed by atoms with Gasteiger partial charge in [0.2, 0.25) is 5.88 Å². The van der Waals surface area contributed by atoms with Crippen molar-refractivity contribution >= 4 is 17.6 Å². The first kappa shape index (κ1) is 21.0. The Hall–Kier alpha value is -2.34. The number of ether oxygens (including phenoxy) is 1. The Kier molecular flexibility index (Phi) is 9.41. The number of hydrogen-bond donors (Lipinski definition) is 2. The number of guanidine groups is 1. The maximum atomic E-state index is 5.82. The molecule has 0 saturated heterocycles. The molecule has 2 aromatic rings. The van der Waals surface area contributed by atoms with E-state index in [0.29, 0.717) is 24.2 Å². The van der Waals surface area contributed by atoms with Gasteiger partial charge in [0.25, 0.3) is 0 Å². The van der Waals surface area contributed by atoms with Gasteiger partial charge in [0.15, 0.2) is 5.96 Å². The molecule has 7 heteroatoms. The van der Waals surface area contributed by atoms with Gasteiger partial charge >= 0.3 is 0 Å². The molecule has 0 unspecified atom stereocenters. The molecular formula is C20H28ClN5O. The molecule has 146 valence electrons. The van der Waals surface area contributed by atoms with Crippen molar-refractivity contribution in [2.45, 2.75) is 39.7 Å². The zero-order valence-corrected chi connectivity index (χ0v) is 16.8. The monoisotopic (exact) mass is 389 g/mol. The molecule has 0 aliphatic heterocycles. The van der Waals surface area contributed by atoms with Crippen LogP contribution in [-0.2, 0) is 13.0 Å². The number of rotatable bonds is 10. The van der Waals surface area contributed by atoms with E-state index in [0.717, 1.165) is 49.4 Å². The molecule has 2 N–H and O–H groups in total. The Labute approximate surface area is 166 Å². The van der Waals surface area contributed by atoms with Crippen molar-refractivity contribution in [1.82, 2.24) is 20.6 Å². The number of halogens is 1. The van der Waals surface area contributed by atoms with Crippen LogP contribution in [0.1, 0.15) is 37.8 Å². The molecule has 2 rings (SSSR count). The Bertz CT molecular complexity index is 706. The van der Waals surface area contributed by atoms with Crippen molar-refractivity contribution in [2.75, 3.05) is 19.7 Å². The third-order valence-electron chi connectivity index (χ3n) is 3.83. The zero-order chi connectivity index (χ0) is 19.3. The molecule has 0 aromatic carbocycles. The summed E-state index contributed by atoms with van der Waals surface area (Å²) >= 11 is 5.82. The summed E-state index contributed by atoms with van der Waals surface area (Å²) in [7, 11) is 0. The van der Waals surface area contributed by atoms with Crippen LogP contribution in [0, 0.1) is 0 Å². The Morgan fingerprint density at radius 1 is 1.19 bits per heavy atom. The summed E-state index contributed by atoms with van der Waals surface area (Å²) in [4.78, 5) is 13.1. The van der Waals surface area contributed by atoms with Crippen LogP contribution in [0.4, 0.5) is 0 Å². The van der Waals surface area contributed by atoms with Crippen LogP contribution in [0.15, 0.2) is 41.7 Å². The van der Waals surface area contributed by atoms with Crippen molar-refractivity contribution in [3.63, 3.8) is 0 Å². The molecule has 2 aromatic heterocycles. The van der Waals surface area contributed by atoms with E-state index in [9.17, 15) is 0 Å². The molecule has 0 aliphatic rings. The number of aliphatic imine (C=N–C) groups is 1. The molecule has 0 atom stereocenters. The van der Waals surface area contributed by atoms with Gasteiger partial charge in [-0.1, -0.05) is 37.1 Å². The number of aromatic nitrogens is 2. The van der Waals surface area contributed by atoms with Crippen molar-refractivity contribution in [3.8, 4) is 5.88 Å². The van der Waals surface area contributed by atoms with Crippen LogP contribution in [0.25, 0.3) is 0 Å². The summed E-state index contributed by atoms with van der Waals surface area (Å²) in [5.74, 6) is 1.43. The van der Waals surface area contributed by atoms with E-state index >= 15 is 0 Å². The van der Waals surface area contributed by atoms with Crippen LogP contribution in [0.5, 0.6) is 5.88 Å². The predicted octanol–water partition coefficient (Wildman–Crippen LogP) is 3.61. The molecule has 6 nitrogen and oxygen atoms in total. The lowest BCUT2D eigenvalue weighted by Crippen LogP contribution is -2.38. The van der Waals surface area contributed by atoms with Gasteiger partial charge in [0.1, 0.15) is 5.15 Å². The minimum absolute atomic E-state index is 0.507. The first-order valence-corrected chi connectivity index (χ1v) is 9.80. The fraction of sp³-hybridized carbons (Fsp3) is 0.450. The van der Waals surface area contributed by atoms with Crippen molar-refractivity contribution in [2.24, 2.45) is 4.99 Å². The molecule has 0 aliphatic carbocycles. The average molecular weight is 390 g/mol. The molecule has 0 spiro atoms. The summed E-state index contributed by atoms with van der Waals surface area (Å²) in [6.07, 6.45) is 6.50. The summed E-state index contributed by atoms with van der Waals surface area (Å²) < 4.78 is 5.78. The smallest absolute Gasteiger partial charge is 0.218 e. The van der Waals surface area contributed by atoms with Gasteiger partial charge in [-0.25, -0.2) is 15.0 Å². The van der Waals surface area contributed by atoms with Gasteiger partial charge < -0.3 is 15.4 Å². The van der Waals surface area contributed by atoms with Crippen LogP contribution in [-0.4, -0.2) is 35.6 Å². The highest BCUT2D eigenvalue weighted by Crippen LogP contribution is 2.15. The number of hydrogen-bond acceptors (Lipinski definition) is 4. The van der Waals surface area contributed by atoms with Gasteiger partial charge in [-0.2, -0.15) is 0 Å². The number of pyridine rings is 2. The summed E-state index contributed by atoms with van der Waals surface area (Å²) in [6.45, 7) is 6.92. The third kappa shape index (κ3) is 7.83. The van der Waals surface area contributed by atoms with Gasteiger partial charge in [-0.05, 0) is 37.5 Å². The van der Waals surface area contributed by atoms with Gasteiger partial charge in [-0.3, -0.25) is 0 Å². The minimum Gasteiger partial charge on any atom is -0.477 e. The molecule has 0 fully saturated rings. The average Bonchev–Trinajstić information content (AvgIpc) is 2.68. The number of nitrogens with zero attached hydrogens (tertiary/aromatic N) is 3. The maximum Gasteiger partial charge on any atom is 0.218 e. The zero-order valence-electron chi connectivity index (χ0n) is 16.0. The molecule has 0 bridgehead atoms. The second-order valence-corrected chi connectivity index (χ2v) is 6.42. The Morgan fingerprint density at radius 2 is 2.07 bits per heavy atom. The Morgan fingerprint density at radius 3 is 2.81 bits per heavy atom. The van der Waals surface area contributed by atoms with Crippen molar-refractivity contribution < 1.29 is 4.74 Å². The van der Waals surface area contributed by atoms with E-state index in [4.69, 9.17) is 16.3 Å². The lowest BCUT2D eigenvalue weighted by molar-refractivity contribution is 0.294. The largest absolute Gasteiger partial charge is 0.477 e. The molecule has 0 amide bonds. The number of unbranched alkanes of at least 4 members (excludes halogenated alkanes) is 1. The second kappa shape index (κ2) is 12.1. The fourth-order valence-electron chi connectivity index (χ4n) is 2.37. The third-order valence-corrected chi connectivity index (χ3v) is 4.06. The molecule has 0 saturated carbocycles. The van der Waals surface area contributed by atoms with E-state index in [1.807, 2.05) is 25.1 Å². The standard InChI is InChI=1S/C20H28ClN5O/c1-3-5-13-27-19-17(7-6-11-23-19)15-26-20(22-4-2)24-12-10-16-8-9-18(21)25-14-16/h6-9,11,14H,3-5,10,12-13,15H2,1-2H3,(H2,22,24,26). The topological polar surface area (TPSA) is 71.4 Å². The Balaban J connectivity index is 1.91.